The molecule has 0 saturated heterocycles. The van der Waals surface area contributed by atoms with Crippen LogP contribution in [0.15, 0.2) is 66.0 Å². The number of benzene rings is 3. The van der Waals surface area contributed by atoms with E-state index >= 15 is 0 Å². The van der Waals surface area contributed by atoms with E-state index in [4.69, 9.17) is 19.9 Å². The van der Waals surface area contributed by atoms with Crippen molar-refractivity contribution in [1.29, 1.82) is 0 Å². The first-order valence-corrected chi connectivity index (χ1v) is 13.8. The third-order valence-corrected chi connectivity index (χ3v) is 7.46. The van der Waals surface area contributed by atoms with Gasteiger partial charge in [0.15, 0.2) is 11.5 Å². The Kier molecular flexibility index (Phi) is 8.99. The van der Waals surface area contributed by atoms with Gasteiger partial charge in [0.05, 0.1) is 32.7 Å². The third kappa shape index (κ3) is 5.96. The van der Waals surface area contributed by atoms with Gasteiger partial charge in [0.25, 0.3) is 5.91 Å². The lowest BCUT2D eigenvalue weighted by Crippen LogP contribution is -2.20. The Labute approximate surface area is 234 Å². The molecule has 1 aliphatic rings. The molecule has 0 atom stereocenters. The summed E-state index contributed by atoms with van der Waals surface area (Å²) in [6.45, 7) is 5.50. The van der Waals surface area contributed by atoms with Crippen LogP contribution in [0.5, 0.6) is 17.2 Å². The van der Waals surface area contributed by atoms with Crippen molar-refractivity contribution in [2.45, 2.75) is 26.8 Å². The Bertz CT molecular complexity index is 1410. The number of amides is 1. The molecular formula is C31H35N3O4S. The van der Waals surface area contributed by atoms with Gasteiger partial charge in [0, 0.05) is 29.2 Å². The summed E-state index contributed by atoms with van der Waals surface area (Å²) in [5.74, 6) is 1.60. The maximum atomic E-state index is 13.2. The van der Waals surface area contributed by atoms with Crippen molar-refractivity contribution in [2.75, 3.05) is 43.8 Å². The zero-order chi connectivity index (χ0) is 27.9. The van der Waals surface area contributed by atoms with Crippen molar-refractivity contribution in [3.8, 4) is 27.7 Å². The van der Waals surface area contributed by atoms with Crippen LogP contribution in [0.2, 0.25) is 0 Å². The largest absolute Gasteiger partial charge is 0.493 e. The molecule has 0 fully saturated rings. The quantitative estimate of drug-likeness (QED) is 0.235. The molecule has 5 rings (SSSR count). The van der Waals surface area contributed by atoms with Crippen LogP contribution in [0.4, 0.5) is 17.1 Å². The molecule has 39 heavy (non-hydrogen) atoms. The van der Waals surface area contributed by atoms with Gasteiger partial charge in [-0.25, -0.2) is 0 Å². The number of carbonyl (C=O) groups is 1. The van der Waals surface area contributed by atoms with Gasteiger partial charge in [-0.15, -0.1) is 11.3 Å². The molecule has 1 aromatic heterocycles. The molecule has 1 amide bonds. The van der Waals surface area contributed by atoms with Crippen molar-refractivity contribution in [1.82, 2.24) is 0 Å². The number of hydrogen-bond acceptors (Lipinski definition) is 7. The summed E-state index contributed by atoms with van der Waals surface area (Å²) in [4.78, 5) is 16.6. The third-order valence-electron chi connectivity index (χ3n) is 6.54. The minimum Gasteiger partial charge on any atom is -0.493 e. The number of nitrogens with zero attached hydrogens (tertiary/aromatic N) is 1. The van der Waals surface area contributed by atoms with E-state index in [9.17, 15) is 4.79 Å². The molecule has 0 unspecified atom stereocenters. The molecule has 204 valence electrons. The summed E-state index contributed by atoms with van der Waals surface area (Å²) in [5, 5.41) is 5.03. The highest BCUT2D eigenvalue weighted by atomic mass is 32.1. The van der Waals surface area contributed by atoms with Gasteiger partial charge < -0.3 is 30.2 Å². The summed E-state index contributed by atoms with van der Waals surface area (Å²) in [7, 11) is 4.81. The molecule has 0 saturated carbocycles. The zero-order valence-electron chi connectivity index (χ0n) is 23.0. The predicted octanol–water partition coefficient (Wildman–Crippen LogP) is 6.86. The molecule has 3 aromatic carbocycles. The van der Waals surface area contributed by atoms with Crippen LogP contribution in [0.1, 0.15) is 35.3 Å². The summed E-state index contributed by atoms with van der Waals surface area (Å²) >= 11 is 1.64. The zero-order valence-corrected chi connectivity index (χ0v) is 23.9. The molecule has 8 heteroatoms. The number of anilines is 3. The Hall–Kier alpha value is -4.17. The smallest absolute Gasteiger partial charge is 0.255 e. The van der Waals surface area contributed by atoms with Gasteiger partial charge in [-0.1, -0.05) is 32.0 Å². The van der Waals surface area contributed by atoms with Crippen LogP contribution in [0.25, 0.3) is 10.4 Å². The van der Waals surface area contributed by atoms with E-state index < -0.39 is 0 Å². The fourth-order valence-electron chi connectivity index (χ4n) is 4.65. The first-order valence-electron chi connectivity index (χ1n) is 12.9. The highest BCUT2D eigenvalue weighted by Crippen LogP contribution is 2.39. The van der Waals surface area contributed by atoms with E-state index in [0.717, 1.165) is 34.7 Å². The maximum absolute atomic E-state index is 13.2. The number of fused-ring (bicyclic) bond motifs is 1. The molecule has 0 spiro atoms. The van der Waals surface area contributed by atoms with Crippen LogP contribution in [-0.4, -0.2) is 33.8 Å². The second-order valence-corrected chi connectivity index (χ2v) is 9.73. The standard InChI is InChI=1S/C29H29N3O4S.C2H6/c1-34-25-13-18(14-26(35-2)28(25)36-3)17-32-11-10-19-6-7-21(16-24(19)32)29(33)31-23-15-20(8-9-22(23)30)27-5-4-12-37-27;1-2/h4-9,12-16H,10-11,17,30H2,1-3H3,(H,31,33);1-2H3. The lowest BCUT2D eigenvalue weighted by Gasteiger charge is -2.22. The molecular weight excluding hydrogens is 510 g/mol. The SMILES string of the molecule is CC.COc1cc(CN2CCc3ccc(C(=O)Nc4cc(-c5cccs5)ccc4N)cc32)cc(OC)c1OC. The van der Waals surface area contributed by atoms with Gasteiger partial charge in [0.1, 0.15) is 0 Å². The van der Waals surface area contributed by atoms with Gasteiger partial charge in [0.2, 0.25) is 5.75 Å². The van der Waals surface area contributed by atoms with E-state index in [0.29, 0.717) is 40.7 Å². The average Bonchev–Trinajstić information content (AvgIpc) is 3.65. The van der Waals surface area contributed by atoms with Crippen LogP contribution < -0.4 is 30.2 Å². The first-order chi connectivity index (χ1) is 19.0. The topological polar surface area (TPSA) is 86.1 Å². The van der Waals surface area contributed by atoms with Crippen LogP contribution >= 0.6 is 11.3 Å². The van der Waals surface area contributed by atoms with Crippen LogP contribution in [0, 0.1) is 0 Å². The number of nitrogen functional groups attached to an aromatic ring is 1. The van der Waals surface area contributed by atoms with Gasteiger partial charge >= 0.3 is 0 Å². The predicted molar refractivity (Wildman–Crippen MR) is 161 cm³/mol. The molecule has 4 aromatic rings. The summed E-state index contributed by atoms with van der Waals surface area (Å²) in [5.41, 5.74) is 12.2. The average molecular weight is 546 g/mol. The Balaban J connectivity index is 0.00000172. The molecule has 0 aliphatic carbocycles. The number of ether oxygens (including phenoxy) is 3. The number of rotatable bonds is 8. The van der Waals surface area contributed by atoms with Crippen LogP contribution in [0.3, 0.4) is 0 Å². The van der Waals surface area contributed by atoms with E-state index in [2.05, 4.69) is 10.2 Å². The highest BCUT2D eigenvalue weighted by molar-refractivity contribution is 7.13. The molecule has 3 N–H and O–H groups in total. The maximum Gasteiger partial charge on any atom is 0.255 e. The molecule has 7 nitrogen and oxygen atoms in total. The molecule has 1 aliphatic heterocycles. The molecule has 0 bridgehead atoms. The number of thiophene rings is 1. The second kappa shape index (κ2) is 12.6. The van der Waals surface area contributed by atoms with Gasteiger partial charge in [-0.3, -0.25) is 4.79 Å². The number of methoxy groups -OCH3 is 3. The van der Waals surface area contributed by atoms with Crippen molar-refractivity contribution in [3.63, 3.8) is 0 Å². The van der Waals surface area contributed by atoms with Crippen molar-refractivity contribution >= 4 is 34.3 Å². The van der Waals surface area contributed by atoms with Crippen molar-refractivity contribution in [2.24, 2.45) is 0 Å². The fourth-order valence-corrected chi connectivity index (χ4v) is 5.38. The lowest BCUT2D eigenvalue weighted by atomic mass is 10.1. The van der Waals surface area contributed by atoms with Gasteiger partial charge in [-0.05, 0) is 71.0 Å². The van der Waals surface area contributed by atoms with Gasteiger partial charge in [-0.2, -0.15) is 0 Å². The minimum absolute atomic E-state index is 0.197. The molecule has 0 radical (unpaired) electrons. The summed E-state index contributed by atoms with van der Waals surface area (Å²) < 4.78 is 16.5. The van der Waals surface area contributed by atoms with E-state index in [1.807, 2.05) is 79.9 Å². The van der Waals surface area contributed by atoms with E-state index in [1.54, 1.807) is 32.7 Å². The monoisotopic (exact) mass is 545 g/mol. The van der Waals surface area contributed by atoms with E-state index in [-0.39, 0.29) is 5.91 Å². The normalized spacial score (nSPS) is 11.8. The lowest BCUT2D eigenvalue weighted by molar-refractivity contribution is 0.102. The summed E-state index contributed by atoms with van der Waals surface area (Å²) in [6, 6.07) is 19.5. The number of nitrogens with two attached hydrogens (primary N) is 1. The first kappa shape index (κ1) is 27.9. The second-order valence-electron chi connectivity index (χ2n) is 8.78. The number of nitrogens with one attached hydrogen (secondary N) is 1. The molecule has 2 heterocycles. The van der Waals surface area contributed by atoms with Crippen LogP contribution in [-0.2, 0) is 13.0 Å². The summed E-state index contributed by atoms with van der Waals surface area (Å²) in [6.07, 6.45) is 0.914. The number of hydrogen-bond donors (Lipinski definition) is 2. The van der Waals surface area contributed by atoms with E-state index in [1.165, 1.54) is 5.56 Å². The van der Waals surface area contributed by atoms with Crippen molar-refractivity contribution in [3.05, 3.63) is 82.7 Å². The Morgan fingerprint density at radius 2 is 1.72 bits per heavy atom. The Morgan fingerprint density at radius 3 is 2.36 bits per heavy atom. The van der Waals surface area contributed by atoms with Crippen molar-refractivity contribution < 1.29 is 19.0 Å². The minimum atomic E-state index is -0.197. The number of carbonyl (C=O) groups excluding carboxylic acids is 1. The highest BCUT2D eigenvalue weighted by Gasteiger charge is 2.23. The fraction of sp³-hybridized carbons (Fsp3) is 0.258. The Morgan fingerprint density at radius 1 is 0.974 bits per heavy atom.